The molecule has 0 aliphatic heterocycles. The van der Waals surface area contributed by atoms with E-state index in [-0.39, 0.29) is 0 Å². The van der Waals surface area contributed by atoms with Gasteiger partial charge in [-0.25, -0.2) is 9.97 Å². The molecule has 0 bridgehead atoms. The van der Waals surface area contributed by atoms with Crippen molar-refractivity contribution in [1.29, 1.82) is 0 Å². The highest BCUT2D eigenvalue weighted by molar-refractivity contribution is 5.47. The molecule has 19 heavy (non-hydrogen) atoms. The van der Waals surface area contributed by atoms with E-state index in [1.165, 1.54) is 6.33 Å². The van der Waals surface area contributed by atoms with Gasteiger partial charge in [0.15, 0.2) is 0 Å². The number of hydrogen-bond acceptors (Lipinski definition) is 5. The first-order chi connectivity index (χ1) is 9.31. The Balaban J connectivity index is 1.83. The van der Waals surface area contributed by atoms with Crippen molar-refractivity contribution in [1.82, 2.24) is 9.97 Å². The molecule has 2 aromatic rings. The van der Waals surface area contributed by atoms with Crippen molar-refractivity contribution in [2.75, 3.05) is 25.6 Å². The Morgan fingerprint density at radius 3 is 2.68 bits per heavy atom. The van der Waals surface area contributed by atoms with Crippen molar-refractivity contribution < 1.29 is 9.47 Å². The fourth-order valence-corrected chi connectivity index (χ4v) is 1.67. The second kappa shape index (κ2) is 6.58. The first-order valence-corrected chi connectivity index (χ1v) is 6.08. The summed E-state index contributed by atoms with van der Waals surface area (Å²) in [7, 11) is 1.59. The Morgan fingerprint density at radius 2 is 1.95 bits per heavy atom. The fraction of sp³-hybridized carbons (Fsp3) is 0.286. The zero-order chi connectivity index (χ0) is 13.5. The molecule has 1 heterocycles. The average Bonchev–Trinajstić information content (AvgIpc) is 2.46. The Labute approximate surface area is 112 Å². The van der Waals surface area contributed by atoms with Crippen LogP contribution in [0.15, 0.2) is 36.7 Å². The van der Waals surface area contributed by atoms with Crippen LogP contribution in [0.2, 0.25) is 0 Å². The van der Waals surface area contributed by atoms with E-state index in [1.54, 1.807) is 7.11 Å². The van der Waals surface area contributed by atoms with E-state index >= 15 is 0 Å². The minimum absolute atomic E-state index is 0.565. The number of methoxy groups -OCH3 is 1. The third-order valence-corrected chi connectivity index (χ3v) is 2.64. The predicted octanol–water partition coefficient (Wildman–Crippen LogP) is 2.28. The Bertz CT molecular complexity index is 517. The Hall–Kier alpha value is -2.30. The highest BCUT2D eigenvalue weighted by Gasteiger charge is 2.06. The normalized spacial score (nSPS) is 10.0. The topological polar surface area (TPSA) is 56.3 Å². The predicted molar refractivity (Wildman–Crippen MR) is 73.7 cm³/mol. The first-order valence-electron chi connectivity index (χ1n) is 6.08. The number of nitrogens with zero attached hydrogens (tertiary/aromatic N) is 2. The molecule has 0 saturated heterocycles. The molecule has 1 aromatic heterocycles. The van der Waals surface area contributed by atoms with E-state index in [2.05, 4.69) is 15.3 Å². The summed E-state index contributed by atoms with van der Waals surface area (Å²) < 4.78 is 10.7. The van der Waals surface area contributed by atoms with Crippen molar-refractivity contribution in [3.05, 3.63) is 42.2 Å². The van der Waals surface area contributed by atoms with Crippen molar-refractivity contribution in [3.63, 3.8) is 0 Å². The van der Waals surface area contributed by atoms with Gasteiger partial charge in [0, 0.05) is 0 Å². The van der Waals surface area contributed by atoms with Gasteiger partial charge in [-0.05, 0) is 19.1 Å². The molecule has 0 radical (unpaired) electrons. The van der Waals surface area contributed by atoms with Gasteiger partial charge in [0.25, 0.3) is 0 Å². The highest BCUT2D eigenvalue weighted by Crippen LogP contribution is 2.19. The molecule has 0 unspecified atom stereocenters. The van der Waals surface area contributed by atoms with E-state index in [0.29, 0.717) is 19.0 Å². The number of aromatic nitrogens is 2. The van der Waals surface area contributed by atoms with Gasteiger partial charge in [-0.2, -0.15) is 0 Å². The lowest BCUT2D eigenvalue weighted by molar-refractivity contribution is 0.332. The van der Waals surface area contributed by atoms with Crippen LogP contribution < -0.4 is 14.8 Å². The smallest absolute Gasteiger partial charge is 0.221 e. The molecule has 100 valence electrons. The van der Waals surface area contributed by atoms with Crippen LogP contribution in [0.3, 0.4) is 0 Å². The molecule has 0 saturated carbocycles. The minimum Gasteiger partial charge on any atom is -0.492 e. The first kappa shape index (κ1) is 13.1. The number of anilines is 1. The van der Waals surface area contributed by atoms with Gasteiger partial charge in [-0.3, -0.25) is 0 Å². The van der Waals surface area contributed by atoms with Crippen molar-refractivity contribution in [2.24, 2.45) is 0 Å². The van der Waals surface area contributed by atoms with Crippen molar-refractivity contribution in [2.45, 2.75) is 6.92 Å². The summed E-state index contributed by atoms with van der Waals surface area (Å²) in [6, 6.07) is 9.71. The quantitative estimate of drug-likeness (QED) is 0.807. The summed E-state index contributed by atoms with van der Waals surface area (Å²) in [4.78, 5) is 8.20. The lowest BCUT2D eigenvalue weighted by Gasteiger charge is -2.11. The lowest BCUT2D eigenvalue weighted by atomic mass is 10.3. The molecule has 0 amide bonds. The molecule has 0 aliphatic carbocycles. The third kappa shape index (κ3) is 3.58. The molecule has 5 heteroatoms. The van der Waals surface area contributed by atoms with Gasteiger partial charge < -0.3 is 14.8 Å². The second-order valence-corrected chi connectivity index (χ2v) is 3.94. The Morgan fingerprint density at radius 1 is 1.16 bits per heavy atom. The molecular formula is C14H17N3O2. The van der Waals surface area contributed by atoms with Crippen molar-refractivity contribution >= 4 is 5.82 Å². The molecule has 0 aliphatic rings. The number of para-hydroxylation sites is 1. The monoisotopic (exact) mass is 259 g/mol. The zero-order valence-electron chi connectivity index (χ0n) is 11.1. The standard InChI is InChI=1S/C14H17N3O2/c1-11-13(16-10-17-14(11)18-2)15-8-9-19-12-6-4-3-5-7-12/h3-7,10H,8-9H2,1-2H3,(H,15,16,17). The Kier molecular flexibility index (Phi) is 4.55. The lowest BCUT2D eigenvalue weighted by Crippen LogP contribution is -2.13. The summed E-state index contributed by atoms with van der Waals surface area (Å²) in [6.45, 7) is 3.14. The van der Waals surface area contributed by atoms with Gasteiger partial charge in [0.05, 0.1) is 19.2 Å². The summed E-state index contributed by atoms with van der Waals surface area (Å²) >= 11 is 0. The van der Waals surface area contributed by atoms with Crippen LogP contribution >= 0.6 is 0 Å². The van der Waals surface area contributed by atoms with E-state index in [9.17, 15) is 0 Å². The summed E-state index contributed by atoms with van der Waals surface area (Å²) in [5.41, 5.74) is 0.893. The van der Waals surface area contributed by atoms with Gasteiger partial charge in [-0.1, -0.05) is 18.2 Å². The average molecular weight is 259 g/mol. The van der Waals surface area contributed by atoms with Crippen LogP contribution in [0, 0.1) is 6.92 Å². The zero-order valence-corrected chi connectivity index (χ0v) is 11.1. The number of hydrogen-bond donors (Lipinski definition) is 1. The third-order valence-electron chi connectivity index (χ3n) is 2.64. The SMILES string of the molecule is COc1ncnc(NCCOc2ccccc2)c1C. The number of nitrogens with one attached hydrogen (secondary N) is 1. The van der Waals surface area contributed by atoms with Gasteiger partial charge in [0.2, 0.25) is 5.88 Å². The number of rotatable bonds is 6. The van der Waals surface area contributed by atoms with Gasteiger partial charge >= 0.3 is 0 Å². The van der Waals surface area contributed by atoms with E-state index in [0.717, 1.165) is 17.1 Å². The van der Waals surface area contributed by atoms with Gasteiger partial charge in [-0.15, -0.1) is 0 Å². The van der Waals surface area contributed by atoms with Crippen LogP contribution in [-0.4, -0.2) is 30.2 Å². The maximum atomic E-state index is 5.59. The molecule has 0 spiro atoms. The largest absolute Gasteiger partial charge is 0.492 e. The highest BCUT2D eigenvalue weighted by atomic mass is 16.5. The molecule has 1 aromatic carbocycles. The number of ether oxygens (including phenoxy) is 2. The molecule has 0 atom stereocenters. The van der Waals surface area contributed by atoms with Crippen LogP contribution in [0.5, 0.6) is 11.6 Å². The van der Waals surface area contributed by atoms with Crippen molar-refractivity contribution in [3.8, 4) is 11.6 Å². The second-order valence-electron chi connectivity index (χ2n) is 3.94. The molecular weight excluding hydrogens is 242 g/mol. The van der Waals surface area contributed by atoms with Crippen LogP contribution in [-0.2, 0) is 0 Å². The summed E-state index contributed by atoms with van der Waals surface area (Å²) in [5, 5.41) is 3.20. The van der Waals surface area contributed by atoms with E-state index < -0.39 is 0 Å². The van der Waals surface area contributed by atoms with Gasteiger partial charge in [0.1, 0.15) is 24.5 Å². The van der Waals surface area contributed by atoms with E-state index in [4.69, 9.17) is 9.47 Å². The van der Waals surface area contributed by atoms with Crippen LogP contribution in [0.4, 0.5) is 5.82 Å². The molecule has 2 rings (SSSR count). The van der Waals surface area contributed by atoms with Crippen LogP contribution in [0.25, 0.3) is 0 Å². The van der Waals surface area contributed by atoms with Crippen LogP contribution in [0.1, 0.15) is 5.56 Å². The summed E-state index contributed by atoms with van der Waals surface area (Å²) in [6.07, 6.45) is 1.48. The number of benzene rings is 1. The minimum atomic E-state index is 0.565. The molecule has 0 fully saturated rings. The maximum absolute atomic E-state index is 5.59. The maximum Gasteiger partial charge on any atom is 0.221 e. The molecule has 1 N–H and O–H groups in total. The van der Waals surface area contributed by atoms with E-state index in [1.807, 2.05) is 37.3 Å². The molecule has 5 nitrogen and oxygen atoms in total. The fourth-order valence-electron chi connectivity index (χ4n) is 1.67. The summed E-state index contributed by atoms with van der Waals surface area (Å²) in [5.74, 6) is 2.21.